The lowest BCUT2D eigenvalue weighted by Gasteiger charge is -2.50. The highest BCUT2D eigenvalue weighted by atomic mass is 16.8. The molecule has 0 bridgehead atoms. The summed E-state index contributed by atoms with van der Waals surface area (Å²) in [5.41, 5.74) is 0. The van der Waals surface area contributed by atoms with Gasteiger partial charge < -0.3 is 130 Å². The van der Waals surface area contributed by atoms with Gasteiger partial charge in [0, 0.05) is 20.8 Å². The first-order valence-corrected chi connectivity index (χ1v) is 20.6. The van der Waals surface area contributed by atoms with Gasteiger partial charge in [-0.3, -0.25) is 14.4 Å². The van der Waals surface area contributed by atoms with Gasteiger partial charge in [0.15, 0.2) is 31.5 Å². The number of carbonyl (C=O) groups is 3. The normalized spacial score (nSPS) is 47.1. The van der Waals surface area contributed by atoms with Crippen LogP contribution in [-0.4, -0.2) is 276 Å². The van der Waals surface area contributed by atoms with E-state index in [-0.39, 0.29) is 0 Å². The molecule has 1 unspecified atom stereocenters. The molecule has 5 rings (SSSR count). The van der Waals surface area contributed by atoms with Gasteiger partial charge in [-0.2, -0.15) is 0 Å². The average Bonchev–Trinajstić information content (AvgIpc) is 3.26. The number of hydrogen-bond acceptors (Lipinski definition) is 26. The Kier molecular flexibility index (Phi) is 19.1. The zero-order valence-corrected chi connectivity index (χ0v) is 35.1. The predicted octanol–water partition coefficient (Wildman–Crippen LogP) is -11.5. The maximum Gasteiger partial charge on any atom is 0.217 e. The molecular weight excluding hydrogens is 890 g/mol. The second kappa shape index (κ2) is 23.2. The molecule has 0 aromatic rings. The fourth-order valence-corrected chi connectivity index (χ4v) is 8.22. The van der Waals surface area contributed by atoms with Crippen molar-refractivity contribution in [3.05, 3.63) is 0 Å². The monoisotopic (exact) mass is 951 g/mol. The quantitative estimate of drug-likeness (QED) is 0.0683. The van der Waals surface area contributed by atoms with Crippen LogP contribution in [0.4, 0.5) is 0 Å². The molecule has 17 N–H and O–H groups in total. The van der Waals surface area contributed by atoms with Crippen LogP contribution in [0.25, 0.3) is 0 Å². The molecule has 25 atom stereocenters. The van der Waals surface area contributed by atoms with Gasteiger partial charge in [-0.05, 0) is 0 Å². The molecule has 65 heavy (non-hydrogen) atoms. The van der Waals surface area contributed by atoms with Gasteiger partial charge in [0.2, 0.25) is 17.7 Å². The Balaban J connectivity index is 1.40. The minimum absolute atomic E-state index is 0.690. The van der Waals surface area contributed by atoms with Crippen LogP contribution in [0.3, 0.4) is 0 Å². The highest BCUT2D eigenvalue weighted by molar-refractivity contribution is 5.74. The summed E-state index contributed by atoms with van der Waals surface area (Å²) < 4.78 is 51.7. The number of amides is 3. The van der Waals surface area contributed by atoms with Crippen LogP contribution in [0.5, 0.6) is 0 Å². The Hall–Kier alpha value is -2.51. The number of rotatable bonds is 16. The molecule has 5 heterocycles. The number of aliphatic hydroxyl groups excluding tert-OH is 14. The second-order valence-corrected chi connectivity index (χ2v) is 16.2. The van der Waals surface area contributed by atoms with Crippen molar-refractivity contribution in [2.45, 2.75) is 174 Å². The van der Waals surface area contributed by atoms with Crippen molar-refractivity contribution in [3.8, 4) is 0 Å². The molecule has 0 aliphatic carbocycles. The first-order chi connectivity index (χ1) is 30.7. The maximum atomic E-state index is 12.4. The van der Waals surface area contributed by atoms with Crippen molar-refractivity contribution in [1.29, 1.82) is 0 Å². The molecule has 0 aromatic carbocycles. The van der Waals surface area contributed by atoms with Crippen molar-refractivity contribution in [1.82, 2.24) is 16.0 Å². The van der Waals surface area contributed by atoms with E-state index in [2.05, 4.69) is 16.0 Å². The standard InChI is InChI=1S/C36H61N3O26/c1-9(45)37-17-24(52)28(15(7-43)57-32(17)56)62-34-19(39-11(3)47)25(53)29(16(8-44)61-34)63-35-27(55)30(22(50)14(6-42)59-35)64-36-31(26(54)21(49)13(5-41)60-36)65-33-18(38-10(2)46)23(51)20(48)12(4-40)58-33/h12-36,40-44,48-56H,4-8H2,1-3H3,(H,37,45)(H,38,46)(H,39,47)/t12-,13-,14-,15-,16-,17-,18-,19-,20-,21-,22-,23-,24-,25-,26+,27+,28-,29-,30+,31+,32?,33+,34+,35+,36-/m1/s1. The highest BCUT2D eigenvalue weighted by Gasteiger charge is 2.57. The van der Waals surface area contributed by atoms with Gasteiger partial charge in [-0.15, -0.1) is 0 Å². The van der Waals surface area contributed by atoms with E-state index >= 15 is 0 Å². The van der Waals surface area contributed by atoms with Crippen LogP contribution in [0.2, 0.25) is 0 Å². The van der Waals surface area contributed by atoms with E-state index in [1.807, 2.05) is 0 Å². The molecule has 5 aliphatic heterocycles. The summed E-state index contributed by atoms with van der Waals surface area (Å²) in [5, 5.41) is 157. The lowest BCUT2D eigenvalue weighted by Crippen LogP contribution is -2.70. The zero-order valence-electron chi connectivity index (χ0n) is 35.1. The van der Waals surface area contributed by atoms with Gasteiger partial charge in [0.25, 0.3) is 0 Å². The summed E-state index contributed by atoms with van der Waals surface area (Å²) in [7, 11) is 0. The number of aliphatic hydroxyl groups is 14. The van der Waals surface area contributed by atoms with Gasteiger partial charge >= 0.3 is 0 Å². The topological polar surface area (TPSA) is 454 Å². The van der Waals surface area contributed by atoms with Crippen LogP contribution >= 0.6 is 0 Å². The van der Waals surface area contributed by atoms with Crippen molar-refractivity contribution in [2.75, 3.05) is 33.0 Å². The van der Waals surface area contributed by atoms with Gasteiger partial charge in [-0.1, -0.05) is 0 Å². The third kappa shape index (κ3) is 11.9. The molecule has 29 nitrogen and oxygen atoms in total. The van der Waals surface area contributed by atoms with Gasteiger partial charge in [0.1, 0.15) is 122 Å². The lowest BCUT2D eigenvalue weighted by molar-refractivity contribution is -0.391. The third-order valence-corrected chi connectivity index (χ3v) is 11.5. The van der Waals surface area contributed by atoms with Crippen molar-refractivity contribution < 1.29 is 129 Å². The van der Waals surface area contributed by atoms with E-state index in [0.717, 1.165) is 20.8 Å². The highest BCUT2D eigenvalue weighted by Crippen LogP contribution is 2.36. The van der Waals surface area contributed by atoms with Gasteiger partial charge in [0.05, 0.1) is 33.0 Å². The Bertz CT molecular complexity index is 1560. The molecular formula is C36H61N3O26. The number of ether oxygens (including phenoxy) is 9. The molecule has 3 amide bonds. The number of carbonyl (C=O) groups excluding carboxylic acids is 3. The van der Waals surface area contributed by atoms with Crippen molar-refractivity contribution in [3.63, 3.8) is 0 Å². The molecule has 0 saturated carbocycles. The largest absolute Gasteiger partial charge is 0.394 e. The third-order valence-electron chi connectivity index (χ3n) is 11.5. The summed E-state index contributed by atoms with van der Waals surface area (Å²) in [6.45, 7) is -1.50. The molecule has 0 spiro atoms. The first kappa shape index (κ1) is 53.4. The number of hydrogen-bond donors (Lipinski definition) is 17. The smallest absolute Gasteiger partial charge is 0.217 e. The zero-order chi connectivity index (χ0) is 48.2. The lowest BCUT2D eigenvalue weighted by atomic mass is 9.94. The summed E-state index contributed by atoms with van der Waals surface area (Å²) in [6, 6.07) is -4.77. The molecule has 0 radical (unpaired) electrons. The molecule has 29 heteroatoms. The Morgan fingerprint density at radius 2 is 0.723 bits per heavy atom. The van der Waals surface area contributed by atoms with E-state index in [0.29, 0.717) is 0 Å². The summed E-state index contributed by atoms with van der Waals surface area (Å²) in [5.74, 6) is -2.23. The average molecular weight is 952 g/mol. The van der Waals surface area contributed by atoms with E-state index in [9.17, 15) is 85.9 Å². The molecule has 5 saturated heterocycles. The van der Waals surface area contributed by atoms with Crippen LogP contribution in [0.15, 0.2) is 0 Å². The van der Waals surface area contributed by atoms with Crippen LogP contribution in [0.1, 0.15) is 20.8 Å². The molecule has 376 valence electrons. The van der Waals surface area contributed by atoms with Gasteiger partial charge in [-0.25, -0.2) is 0 Å². The Morgan fingerprint density at radius 3 is 1.23 bits per heavy atom. The SMILES string of the molecule is CC(=O)N[C@H]1[C@H](O[C@H]2[C@H](O)[C@@H](NC(C)=O)C(O)O[C@@H]2CO)O[C@H](CO)[C@@H](O[C@@H]2O[C@H](CO)[C@@H](O)[C@H](O[C@H]3O[C@H](CO)[C@@H](O)[C@H](O)[C@@H]3O[C@@H]3O[C@H](CO)[C@@H](O)[C@H](O)[C@H]3NC(C)=O)[C@@H]2O)[C@@H]1O. The minimum Gasteiger partial charge on any atom is -0.394 e. The maximum absolute atomic E-state index is 12.4. The summed E-state index contributed by atoms with van der Waals surface area (Å²) >= 11 is 0. The fourth-order valence-electron chi connectivity index (χ4n) is 8.22. The Morgan fingerprint density at radius 1 is 0.369 bits per heavy atom. The van der Waals surface area contributed by atoms with Crippen LogP contribution in [-0.2, 0) is 57.0 Å². The minimum atomic E-state index is -2.20. The molecule has 0 aromatic heterocycles. The van der Waals surface area contributed by atoms with E-state index in [4.69, 9.17) is 42.6 Å². The van der Waals surface area contributed by atoms with E-state index < -0.39 is 204 Å². The van der Waals surface area contributed by atoms with Crippen LogP contribution < -0.4 is 16.0 Å². The summed E-state index contributed by atoms with van der Waals surface area (Å²) in [6.07, 6.45) is -40.6. The fraction of sp³-hybridized carbons (Fsp3) is 0.917. The van der Waals surface area contributed by atoms with Crippen LogP contribution in [0, 0.1) is 0 Å². The van der Waals surface area contributed by atoms with Crippen molar-refractivity contribution in [2.24, 2.45) is 0 Å². The van der Waals surface area contributed by atoms with E-state index in [1.165, 1.54) is 0 Å². The summed E-state index contributed by atoms with van der Waals surface area (Å²) in [4.78, 5) is 36.3. The molecule has 5 fully saturated rings. The predicted molar refractivity (Wildman–Crippen MR) is 201 cm³/mol. The van der Waals surface area contributed by atoms with E-state index in [1.54, 1.807) is 0 Å². The first-order valence-electron chi connectivity index (χ1n) is 20.6. The Labute approximate surface area is 369 Å². The number of nitrogens with one attached hydrogen (secondary N) is 3. The van der Waals surface area contributed by atoms with Crippen molar-refractivity contribution >= 4 is 17.7 Å². The molecule has 5 aliphatic rings. The second-order valence-electron chi connectivity index (χ2n) is 16.2.